The zero-order chi connectivity index (χ0) is 13.9. The number of thioether (sulfide) groups is 1. The van der Waals surface area contributed by atoms with Crippen molar-refractivity contribution in [1.82, 2.24) is 9.71 Å². The van der Waals surface area contributed by atoms with Gasteiger partial charge in [0.15, 0.2) is 0 Å². The van der Waals surface area contributed by atoms with Crippen molar-refractivity contribution in [2.75, 3.05) is 6.26 Å². The molecular formula is C12H20N2O3S2. The number of hydrogen-bond acceptors (Lipinski definition) is 4. The highest BCUT2D eigenvalue weighted by molar-refractivity contribution is 7.99. The van der Waals surface area contributed by atoms with Crippen molar-refractivity contribution in [3.63, 3.8) is 0 Å². The molecule has 0 saturated heterocycles. The Morgan fingerprint density at radius 1 is 1.47 bits per heavy atom. The summed E-state index contributed by atoms with van der Waals surface area (Å²) in [5.41, 5.74) is 0.505. The molecule has 5 nitrogen and oxygen atoms in total. The maximum Gasteiger partial charge on any atom is 0.242 e. The van der Waals surface area contributed by atoms with Crippen LogP contribution in [0.4, 0.5) is 0 Å². The minimum Gasteiger partial charge on any atom is -0.390 e. The first-order chi connectivity index (χ1) is 9.06. The normalized spacial score (nSPS) is 24.5. The van der Waals surface area contributed by atoms with E-state index in [1.807, 2.05) is 6.26 Å². The molecule has 1 aromatic rings. The van der Waals surface area contributed by atoms with E-state index in [0.717, 1.165) is 19.3 Å². The summed E-state index contributed by atoms with van der Waals surface area (Å²) in [7, 11) is -3.50. The Bertz CT molecular complexity index is 513. The van der Waals surface area contributed by atoms with Crippen LogP contribution in [-0.2, 0) is 16.6 Å². The summed E-state index contributed by atoms with van der Waals surface area (Å²) < 4.78 is 27.3. The van der Waals surface area contributed by atoms with Gasteiger partial charge >= 0.3 is 0 Å². The Labute approximate surface area is 118 Å². The molecule has 0 aromatic carbocycles. The van der Waals surface area contributed by atoms with Gasteiger partial charge in [-0.1, -0.05) is 12.8 Å². The molecule has 1 aliphatic carbocycles. The molecule has 1 fully saturated rings. The van der Waals surface area contributed by atoms with Crippen molar-refractivity contribution in [3.8, 4) is 0 Å². The van der Waals surface area contributed by atoms with Gasteiger partial charge in [0.1, 0.15) is 0 Å². The molecule has 1 aliphatic rings. The number of H-pyrrole nitrogens is 1. The molecular weight excluding hydrogens is 284 g/mol. The fraction of sp³-hybridized carbons (Fsp3) is 0.667. The summed E-state index contributed by atoms with van der Waals surface area (Å²) in [6.07, 6.45) is 7.63. The number of sulfonamides is 1. The second-order valence-electron chi connectivity index (χ2n) is 4.81. The van der Waals surface area contributed by atoms with Crippen molar-refractivity contribution in [2.24, 2.45) is 0 Å². The van der Waals surface area contributed by atoms with E-state index in [4.69, 9.17) is 5.11 Å². The van der Waals surface area contributed by atoms with Crippen LogP contribution < -0.4 is 4.72 Å². The molecule has 19 heavy (non-hydrogen) atoms. The number of nitrogens with one attached hydrogen (secondary N) is 2. The van der Waals surface area contributed by atoms with Gasteiger partial charge in [0.25, 0.3) is 0 Å². The first-order valence-corrected chi connectivity index (χ1v) is 9.17. The number of aliphatic hydroxyl groups is 1. The summed E-state index contributed by atoms with van der Waals surface area (Å²) in [4.78, 5) is 2.95. The van der Waals surface area contributed by atoms with E-state index in [2.05, 4.69) is 9.71 Å². The smallest absolute Gasteiger partial charge is 0.242 e. The second-order valence-corrected chi connectivity index (χ2v) is 7.60. The van der Waals surface area contributed by atoms with E-state index in [9.17, 15) is 8.42 Å². The van der Waals surface area contributed by atoms with Gasteiger partial charge in [-0.25, -0.2) is 13.1 Å². The zero-order valence-electron chi connectivity index (χ0n) is 10.9. The molecule has 3 N–H and O–H groups in total. The third-order valence-electron chi connectivity index (χ3n) is 3.51. The van der Waals surface area contributed by atoms with Crippen LogP contribution >= 0.6 is 11.8 Å². The van der Waals surface area contributed by atoms with Gasteiger partial charge in [0.2, 0.25) is 10.0 Å². The Kier molecular flexibility index (Phi) is 4.94. The lowest BCUT2D eigenvalue weighted by Gasteiger charge is -2.30. The van der Waals surface area contributed by atoms with Crippen LogP contribution in [0.3, 0.4) is 0 Å². The Morgan fingerprint density at radius 2 is 2.21 bits per heavy atom. The molecule has 0 spiro atoms. The minimum atomic E-state index is -3.50. The van der Waals surface area contributed by atoms with Gasteiger partial charge in [0, 0.05) is 23.2 Å². The summed E-state index contributed by atoms with van der Waals surface area (Å²) in [5, 5.41) is 9.32. The van der Waals surface area contributed by atoms with Gasteiger partial charge in [-0.3, -0.25) is 0 Å². The molecule has 0 aliphatic heterocycles. The summed E-state index contributed by atoms with van der Waals surface area (Å²) in [5.74, 6) is 0. The molecule has 0 bridgehead atoms. The predicted octanol–water partition coefficient (Wildman–Crippen LogP) is 1.46. The summed E-state index contributed by atoms with van der Waals surface area (Å²) >= 11 is 1.72. The number of aromatic nitrogens is 1. The van der Waals surface area contributed by atoms with Gasteiger partial charge in [-0.05, 0) is 25.2 Å². The van der Waals surface area contributed by atoms with Crippen LogP contribution in [0.15, 0.2) is 17.2 Å². The lowest BCUT2D eigenvalue weighted by Crippen LogP contribution is -2.43. The number of hydrogen-bond donors (Lipinski definition) is 3. The highest BCUT2D eigenvalue weighted by atomic mass is 32.2. The average molecular weight is 304 g/mol. The van der Waals surface area contributed by atoms with Crippen LogP contribution in [0.2, 0.25) is 0 Å². The van der Waals surface area contributed by atoms with Gasteiger partial charge in [0.05, 0.1) is 11.5 Å². The quantitative estimate of drug-likeness (QED) is 0.769. The maximum atomic E-state index is 12.3. The van der Waals surface area contributed by atoms with E-state index >= 15 is 0 Å². The molecule has 1 heterocycles. The first kappa shape index (κ1) is 14.9. The summed E-state index contributed by atoms with van der Waals surface area (Å²) in [6, 6.07) is 1.47. The van der Waals surface area contributed by atoms with E-state index in [0.29, 0.717) is 10.9 Å². The van der Waals surface area contributed by atoms with E-state index < -0.39 is 10.0 Å². The maximum absolute atomic E-state index is 12.3. The molecule has 2 rings (SSSR count). The molecule has 1 aromatic heterocycles. The molecule has 7 heteroatoms. The molecule has 0 amide bonds. The SMILES string of the molecule is CSC1CCCCC1NS(=O)(=O)c1c[nH]c(CO)c1. The summed E-state index contributed by atoms with van der Waals surface area (Å²) in [6.45, 7) is -0.188. The van der Waals surface area contributed by atoms with Crippen LogP contribution in [0, 0.1) is 0 Å². The van der Waals surface area contributed by atoms with Crippen molar-refractivity contribution in [2.45, 2.75) is 48.5 Å². The molecule has 108 valence electrons. The Balaban J connectivity index is 2.11. The number of aliphatic hydroxyl groups excluding tert-OH is 1. The lowest BCUT2D eigenvalue weighted by atomic mass is 9.96. The fourth-order valence-corrected chi connectivity index (χ4v) is 4.80. The highest BCUT2D eigenvalue weighted by Gasteiger charge is 2.29. The van der Waals surface area contributed by atoms with Gasteiger partial charge < -0.3 is 10.1 Å². The minimum absolute atomic E-state index is 0.00114. The van der Waals surface area contributed by atoms with E-state index in [1.165, 1.54) is 18.7 Å². The van der Waals surface area contributed by atoms with E-state index in [-0.39, 0.29) is 17.5 Å². The topological polar surface area (TPSA) is 82.2 Å². The molecule has 2 atom stereocenters. The third-order valence-corrected chi connectivity index (χ3v) is 6.15. The lowest BCUT2D eigenvalue weighted by molar-refractivity contribution is 0.277. The van der Waals surface area contributed by atoms with E-state index in [1.54, 1.807) is 11.8 Å². The molecule has 0 radical (unpaired) electrons. The third kappa shape index (κ3) is 3.53. The van der Waals surface area contributed by atoms with Crippen molar-refractivity contribution >= 4 is 21.8 Å². The Hall–Kier alpha value is -0.500. The van der Waals surface area contributed by atoms with Crippen molar-refractivity contribution in [3.05, 3.63) is 18.0 Å². The molecule has 1 saturated carbocycles. The number of rotatable bonds is 5. The highest BCUT2D eigenvalue weighted by Crippen LogP contribution is 2.28. The largest absolute Gasteiger partial charge is 0.390 e. The van der Waals surface area contributed by atoms with Crippen molar-refractivity contribution in [1.29, 1.82) is 0 Å². The van der Waals surface area contributed by atoms with Crippen LogP contribution in [-0.4, -0.2) is 36.1 Å². The first-order valence-electron chi connectivity index (χ1n) is 6.40. The van der Waals surface area contributed by atoms with Crippen molar-refractivity contribution < 1.29 is 13.5 Å². The van der Waals surface area contributed by atoms with Crippen LogP contribution in [0.25, 0.3) is 0 Å². The predicted molar refractivity (Wildman–Crippen MR) is 76.6 cm³/mol. The van der Waals surface area contributed by atoms with Crippen LogP contribution in [0.1, 0.15) is 31.4 Å². The molecule has 2 unspecified atom stereocenters. The Morgan fingerprint density at radius 3 is 2.84 bits per heavy atom. The number of aromatic amines is 1. The standard InChI is InChI=1S/C12H20N2O3S2/c1-18-12-5-3-2-4-11(12)14-19(16,17)10-6-9(8-15)13-7-10/h6-7,11-15H,2-5,8H2,1H3. The van der Waals surface area contributed by atoms with Gasteiger partial charge in [-0.15, -0.1) is 0 Å². The van der Waals surface area contributed by atoms with Crippen LogP contribution in [0.5, 0.6) is 0 Å². The monoisotopic (exact) mass is 304 g/mol. The fourth-order valence-electron chi connectivity index (χ4n) is 2.45. The second kappa shape index (κ2) is 6.30. The van der Waals surface area contributed by atoms with Gasteiger partial charge in [-0.2, -0.15) is 11.8 Å². The zero-order valence-corrected chi connectivity index (χ0v) is 12.6. The average Bonchev–Trinajstić information content (AvgIpc) is 2.88.